The van der Waals surface area contributed by atoms with Gasteiger partial charge in [-0.3, -0.25) is 0 Å². The van der Waals surface area contributed by atoms with Crippen molar-refractivity contribution in [1.82, 2.24) is 0 Å². The zero-order chi connectivity index (χ0) is 6.57. The van der Waals surface area contributed by atoms with Crippen LogP contribution in [0.25, 0.3) is 0 Å². The molecule has 0 N–H and O–H groups in total. The Hall–Kier alpha value is -0.170. The van der Waals surface area contributed by atoms with Gasteiger partial charge in [-0.2, -0.15) is 0 Å². The van der Waals surface area contributed by atoms with Crippen molar-refractivity contribution in [3.05, 3.63) is 22.6 Å². The lowest BCUT2D eigenvalue weighted by atomic mass is 10.3. The number of hydrogen-bond acceptors (Lipinski definition) is 1. The molecular weight excluding hydrogens is 116 g/mol. The van der Waals surface area contributed by atoms with Gasteiger partial charge < -0.3 is 0 Å². The lowest BCUT2D eigenvalue weighted by molar-refractivity contribution is 1.45. The highest BCUT2D eigenvalue weighted by molar-refractivity contribution is 7.84. The molecule has 0 aliphatic rings. The van der Waals surface area contributed by atoms with Gasteiger partial charge >= 0.3 is 0 Å². The fourth-order valence-electron chi connectivity index (χ4n) is 0.413. The molecule has 0 heterocycles. The van der Waals surface area contributed by atoms with E-state index < -0.39 is 0 Å². The van der Waals surface area contributed by atoms with Crippen LogP contribution in [0.15, 0.2) is 22.6 Å². The molecule has 0 saturated carbocycles. The van der Waals surface area contributed by atoms with E-state index in [1.165, 1.54) is 5.57 Å². The molecule has 0 aromatic rings. The number of rotatable bonds is 1. The quantitative estimate of drug-likeness (QED) is 0.407. The summed E-state index contributed by atoms with van der Waals surface area (Å²) in [5.74, 6) is 0. The first-order valence-corrected chi connectivity index (χ1v) is 3.11. The van der Waals surface area contributed by atoms with Gasteiger partial charge in [0.1, 0.15) is 0 Å². The summed E-state index contributed by atoms with van der Waals surface area (Å²) >= 11 is 4.11. The molecular formula is C7H12S. The van der Waals surface area contributed by atoms with Crippen molar-refractivity contribution >= 4 is 12.6 Å². The average Bonchev–Trinajstić information content (AvgIpc) is 1.65. The van der Waals surface area contributed by atoms with E-state index in [-0.39, 0.29) is 0 Å². The molecule has 0 bridgehead atoms. The summed E-state index contributed by atoms with van der Waals surface area (Å²) in [6, 6.07) is 0. The molecule has 0 saturated heterocycles. The van der Waals surface area contributed by atoms with Crippen LogP contribution in [0, 0.1) is 0 Å². The molecule has 0 radical (unpaired) electrons. The molecule has 8 heavy (non-hydrogen) atoms. The second-order valence-electron chi connectivity index (χ2n) is 1.82. The van der Waals surface area contributed by atoms with E-state index in [2.05, 4.69) is 25.6 Å². The van der Waals surface area contributed by atoms with Crippen LogP contribution in [0.1, 0.15) is 20.8 Å². The van der Waals surface area contributed by atoms with Crippen LogP contribution in [0.3, 0.4) is 0 Å². The van der Waals surface area contributed by atoms with Crippen LogP contribution in [-0.4, -0.2) is 0 Å². The summed E-state index contributed by atoms with van der Waals surface area (Å²) in [4.78, 5) is 1.06. The van der Waals surface area contributed by atoms with Crippen molar-refractivity contribution < 1.29 is 0 Å². The van der Waals surface area contributed by atoms with Gasteiger partial charge in [0, 0.05) is 0 Å². The maximum atomic E-state index is 4.11. The van der Waals surface area contributed by atoms with Crippen molar-refractivity contribution in [1.29, 1.82) is 0 Å². The summed E-state index contributed by atoms with van der Waals surface area (Å²) in [6.45, 7) is 6.04. The highest BCUT2D eigenvalue weighted by Gasteiger charge is 1.77. The predicted molar refractivity (Wildman–Crippen MR) is 42.2 cm³/mol. The Morgan fingerprint density at radius 2 is 1.88 bits per heavy atom. The first kappa shape index (κ1) is 7.83. The van der Waals surface area contributed by atoms with E-state index in [0.717, 1.165) is 4.91 Å². The maximum absolute atomic E-state index is 4.11. The molecule has 0 aliphatic heterocycles. The average molecular weight is 128 g/mol. The first-order valence-electron chi connectivity index (χ1n) is 2.67. The minimum atomic E-state index is 1.06. The lowest BCUT2D eigenvalue weighted by Gasteiger charge is -1.87. The van der Waals surface area contributed by atoms with Crippen LogP contribution < -0.4 is 0 Å². The molecule has 0 fully saturated rings. The Balaban J connectivity index is 3.89. The van der Waals surface area contributed by atoms with E-state index in [1.54, 1.807) is 0 Å². The zero-order valence-corrected chi connectivity index (χ0v) is 6.50. The van der Waals surface area contributed by atoms with Crippen LogP contribution >= 0.6 is 12.6 Å². The van der Waals surface area contributed by atoms with E-state index in [4.69, 9.17) is 0 Å². The summed E-state index contributed by atoms with van der Waals surface area (Å²) in [5, 5.41) is 0. The van der Waals surface area contributed by atoms with Crippen LogP contribution in [0.4, 0.5) is 0 Å². The molecule has 46 valence electrons. The molecule has 0 unspecified atom stereocenters. The first-order chi connectivity index (χ1) is 3.66. The number of allylic oxidation sites excluding steroid dienone is 4. The van der Waals surface area contributed by atoms with Crippen molar-refractivity contribution in [3.63, 3.8) is 0 Å². The molecule has 0 aromatic carbocycles. The summed E-state index contributed by atoms with van der Waals surface area (Å²) in [7, 11) is 0. The molecule has 0 rings (SSSR count). The Morgan fingerprint density at radius 1 is 1.38 bits per heavy atom. The van der Waals surface area contributed by atoms with Gasteiger partial charge in [-0.05, 0) is 25.7 Å². The van der Waals surface area contributed by atoms with Crippen molar-refractivity contribution in [2.45, 2.75) is 20.8 Å². The maximum Gasteiger partial charge on any atom is -0.0213 e. The van der Waals surface area contributed by atoms with Crippen molar-refractivity contribution in [2.75, 3.05) is 0 Å². The van der Waals surface area contributed by atoms with E-state index in [9.17, 15) is 0 Å². The van der Waals surface area contributed by atoms with Gasteiger partial charge in [0.25, 0.3) is 0 Å². The van der Waals surface area contributed by atoms with Crippen molar-refractivity contribution in [2.24, 2.45) is 0 Å². The third-order valence-corrected chi connectivity index (χ3v) is 1.02. The molecule has 0 amide bonds. The third-order valence-electron chi connectivity index (χ3n) is 0.892. The Kier molecular flexibility index (Phi) is 3.71. The van der Waals surface area contributed by atoms with Gasteiger partial charge in [-0.1, -0.05) is 17.7 Å². The summed E-state index contributed by atoms with van der Waals surface area (Å²) in [5.41, 5.74) is 1.26. The fourth-order valence-corrected chi connectivity index (χ4v) is 0.616. The molecule has 0 aromatic heterocycles. The van der Waals surface area contributed by atoms with E-state index >= 15 is 0 Å². The molecule has 0 atom stereocenters. The molecule has 0 spiro atoms. The van der Waals surface area contributed by atoms with E-state index in [0.29, 0.717) is 0 Å². The van der Waals surface area contributed by atoms with E-state index in [1.807, 2.05) is 19.9 Å². The Morgan fingerprint density at radius 3 is 2.00 bits per heavy atom. The monoisotopic (exact) mass is 128 g/mol. The van der Waals surface area contributed by atoms with Gasteiger partial charge in [-0.15, -0.1) is 12.6 Å². The minimum Gasteiger partial charge on any atom is -0.148 e. The Bertz CT molecular complexity index is 116. The third kappa shape index (κ3) is 4.00. The van der Waals surface area contributed by atoms with Gasteiger partial charge in [0.2, 0.25) is 0 Å². The number of hydrogen-bond donors (Lipinski definition) is 1. The van der Waals surface area contributed by atoms with Gasteiger partial charge in [0.05, 0.1) is 0 Å². The molecule has 1 heteroatoms. The van der Waals surface area contributed by atoms with Gasteiger partial charge in [0.15, 0.2) is 0 Å². The fraction of sp³-hybridized carbons (Fsp3) is 0.429. The summed E-state index contributed by atoms with van der Waals surface area (Å²) in [6.07, 6.45) is 4.09. The highest BCUT2D eigenvalue weighted by atomic mass is 32.1. The SMILES string of the molecule is C/C=C(C)/C=C(\C)S. The molecule has 0 aliphatic carbocycles. The number of thiol groups is 1. The van der Waals surface area contributed by atoms with Crippen LogP contribution in [0.5, 0.6) is 0 Å². The topological polar surface area (TPSA) is 0 Å². The zero-order valence-electron chi connectivity index (χ0n) is 5.60. The van der Waals surface area contributed by atoms with Crippen LogP contribution in [-0.2, 0) is 0 Å². The predicted octanol–water partition coefficient (Wildman–Crippen LogP) is 2.79. The largest absolute Gasteiger partial charge is 0.148 e. The standard InChI is InChI=1S/C7H12S/c1-4-6(2)5-7(3)8/h4-5,8H,1-3H3/b6-4+,7-5+. The molecule has 0 nitrogen and oxygen atoms in total. The van der Waals surface area contributed by atoms with Crippen LogP contribution in [0.2, 0.25) is 0 Å². The van der Waals surface area contributed by atoms with Crippen molar-refractivity contribution in [3.8, 4) is 0 Å². The highest BCUT2D eigenvalue weighted by Crippen LogP contribution is 2.03. The smallest absolute Gasteiger partial charge is 0.0213 e. The van der Waals surface area contributed by atoms with Gasteiger partial charge in [-0.25, -0.2) is 0 Å². The minimum absolute atomic E-state index is 1.06. The second-order valence-corrected chi connectivity index (χ2v) is 2.52. The normalized spacial score (nSPS) is 14.5. The lowest BCUT2D eigenvalue weighted by Crippen LogP contribution is -1.65. The summed E-state index contributed by atoms with van der Waals surface area (Å²) < 4.78 is 0. The Labute approximate surface area is 56.7 Å². The second kappa shape index (κ2) is 3.79.